The van der Waals surface area contributed by atoms with Crippen molar-refractivity contribution in [3.05, 3.63) is 29.8 Å². The summed E-state index contributed by atoms with van der Waals surface area (Å²) in [6, 6.07) is 7.23. The van der Waals surface area contributed by atoms with Crippen molar-refractivity contribution >= 4 is 22.5 Å². The predicted octanol–water partition coefficient (Wildman–Crippen LogP) is 1.84. The van der Waals surface area contributed by atoms with Crippen LogP contribution in [0, 0.1) is 0 Å². The molecular weight excluding hydrogens is 292 g/mol. The normalized spacial score (nSPS) is 16.3. The van der Waals surface area contributed by atoms with Crippen LogP contribution in [0.15, 0.2) is 29.8 Å². The lowest BCUT2D eigenvalue weighted by molar-refractivity contribution is 0.0731. The maximum atomic E-state index is 12.0. The van der Waals surface area contributed by atoms with E-state index in [0.29, 0.717) is 24.0 Å². The second-order valence-corrected chi connectivity index (χ2v) is 5.39. The summed E-state index contributed by atoms with van der Waals surface area (Å²) in [5.74, 6) is 1.43. The minimum atomic E-state index is -0.255. The van der Waals surface area contributed by atoms with Crippen molar-refractivity contribution in [3.63, 3.8) is 0 Å². The molecule has 0 saturated heterocycles. The summed E-state index contributed by atoms with van der Waals surface area (Å²) in [6.07, 6.45) is -0.204. The smallest absolute Gasteiger partial charge is 0.323 e. The van der Waals surface area contributed by atoms with Crippen molar-refractivity contribution in [2.75, 3.05) is 25.5 Å². The number of anilines is 1. The molecule has 2 amide bonds. The second kappa shape index (κ2) is 5.96. The first kappa shape index (κ1) is 13.6. The van der Waals surface area contributed by atoms with Crippen molar-refractivity contribution in [3.8, 4) is 11.5 Å². The van der Waals surface area contributed by atoms with Crippen LogP contribution >= 0.6 is 11.3 Å². The predicted molar refractivity (Wildman–Crippen MR) is 77.9 cm³/mol. The number of carbonyl (C=O) groups is 1. The molecule has 1 aliphatic rings. The highest BCUT2D eigenvalue weighted by Gasteiger charge is 2.23. The number of nitrogens with one attached hydrogen (secondary N) is 1. The Hall–Kier alpha value is -2.35. The molecule has 110 valence electrons. The average Bonchev–Trinajstić information content (AvgIpc) is 3.00. The van der Waals surface area contributed by atoms with Crippen LogP contribution in [0.2, 0.25) is 0 Å². The fraction of sp³-hybridized carbons (Fsp3) is 0.308. The third-order valence-electron chi connectivity index (χ3n) is 2.97. The van der Waals surface area contributed by atoms with Crippen LogP contribution in [0.3, 0.4) is 0 Å². The molecule has 0 unspecified atom stereocenters. The number of hydrogen-bond acceptors (Lipinski definition) is 6. The van der Waals surface area contributed by atoms with Crippen LogP contribution in [-0.2, 0) is 0 Å². The Kier molecular flexibility index (Phi) is 3.87. The lowest BCUT2D eigenvalue weighted by Gasteiger charge is -2.29. The van der Waals surface area contributed by atoms with E-state index in [2.05, 4.69) is 15.5 Å². The maximum Gasteiger partial charge on any atom is 0.323 e. The van der Waals surface area contributed by atoms with Crippen LogP contribution in [0.25, 0.3) is 0 Å². The molecule has 1 aromatic heterocycles. The topological polar surface area (TPSA) is 76.6 Å². The van der Waals surface area contributed by atoms with Gasteiger partial charge in [0.05, 0.1) is 6.54 Å². The van der Waals surface area contributed by atoms with Gasteiger partial charge in [-0.15, -0.1) is 10.2 Å². The number of benzene rings is 1. The first-order chi connectivity index (χ1) is 10.2. The number of urea groups is 1. The largest absolute Gasteiger partial charge is 0.486 e. The molecule has 7 nitrogen and oxygen atoms in total. The van der Waals surface area contributed by atoms with Gasteiger partial charge in [-0.3, -0.25) is 5.32 Å². The number of hydrogen-bond donors (Lipinski definition) is 1. The van der Waals surface area contributed by atoms with Crippen LogP contribution in [-0.4, -0.2) is 47.4 Å². The van der Waals surface area contributed by atoms with E-state index in [1.807, 2.05) is 24.3 Å². The molecule has 3 rings (SSSR count). The molecule has 0 aliphatic carbocycles. The minimum Gasteiger partial charge on any atom is -0.486 e. The molecule has 8 heteroatoms. The number of likely N-dealkylation sites (N-methyl/N-ethyl adjacent to an activating group) is 1. The molecule has 21 heavy (non-hydrogen) atoms. The molecule has 1 atom stereocenters. The third-order valence-corrected chi connectivity index (χ3v) is 3.57. The van der Waals surface area contributed by atoms with Gasteiger partial charge in [-0.2, -0.15) is 0 Å². The van der Waals surface area contributed by atoms with Gasteiger partial charge in [0.1, 0.15) is 12.1 Å². The number of nitrogens with zero attached hydrogens (tertiary/aromatic N) is 3. The van der Waals surface area contributed by atoms with Crippen molar-refractivity contribution in [2.45, 2.75) is 6.10 Å². The lowest BCUT2D eigenvalue weighted by Crippen LogP contribution is -2.43. The molecule has 0 spiro atoms. The van der Waals surface area contributed by atoms with Gasteiger partial charge in [-0.05, 0) is 12.1 Å². The van der Waals surface area contributed by atoms with Crippen molar-refractivity contribution in [1.82, 2.24) is 15.1 Å². The standard InChI is InChI=1S/C13H14N4O3S/c1-17(13(18)15-12-16-14-8-21-12)6-9-7-19-10-4-2-3-5-11(10)20-9/h2-5,8-9H,6-7H2,1H3,(H,15,16,18)/t9-/m0/s1. The summed E-state index contributed by atoms with van der Waals surface area (Å²) < 4.78 is 11.4. The van der Waals surface area contributed by atoms with E-state index in [1.165, 1.54) is 16.2 Å². The summed E-state index contributed by atoms with van der Waals surface area (Å²) in [5, 5.41) is 10.6. The van der Waals surface area contributed by atoms with E-state index >= 15 is 0 Å². The molecule has 1 aliphatic heterocycles. The fourth-order valence-electron chi connectivity index (χ4n) is 1.96. The highest BCUT2D eigenvalue weighted by Crippen LogP contribution is 2.30. The number of rotatable bonds is 3. The summed E-state index contributed by atoms with van der Waals surface area (Å²) in [6.45, 7) is 0.826. The van der Waals surface area contributed by atoms with Crippen LogP contribution in [0.1, 0.15) is 0 Å². The number of amides is 2. The van der Waals surface area contributed by atoms with Crippen molar-refractivity contribution < 1.29 is 14.3 Å². The number of carbonyl (C=O) groups excluding carboxylic acids is 1. The Labute approximate surface area is 125 Å². The number of fused-ring (bicyclic) bond motifs is 1. The van der Waals surface area contributed by atoms with E-state index in [1.54, 1.807) is 12.6 Å². The first-order valence-electron chi connectivity index (χ1n) is 6.39. The zero-order valence-corrected chi connectivity index (χ0v) is 12.2. The summed E-state index contributed by atoms with van der Waals surface area (Å²) in [5.41, 5.74) is 1.56. The third kappa shape index (κ3) is 3.22. The summed E-state index contributed by atoms with van der Waals surface area (Å²) in [4.78, 5) is 13.5. The molecular formula is C13H14N4O3S. The van der Waals surface area contributed by atoms with E-state index in [-0.39, 0.29) is 12.1 Å². The van der Waals surface area contributed by atoms with E-state index in [4.69, 9.17) is 9.47 Å². The maximum absolute atomic E-state index is 12.0. The molecule has 0 bridgehead atoms. The van der Waals surface area contributed by atoms with Crippen LogP contribution < -0.4 is 14.8 Å². The lowest BCUT2D eigenvalue weighted by atomic mass is 10.2. The van der Waals surface area contributed by atoms with E-state index in [0.717, 1.165) is 5.75 Å². The van der Waals surface area contributed by atoms with Crippen LogP contribution in [0.4, 0.5) is 9.93 Å². The quantitative estimate of drug-likeness (QED) is 0.936. The van der Waals surface area contributed by atoms with Gasteiger partial charge in [-0.1, -0.05) is 23.5 Å². The molecule has 2 heterocycles. The molecule has 1 aromatic carbocycles. The molecule has 0 fully saturated rings. The van der Waals surface area contributed by atoms with E-state index < -0.39 is 0 Å². The Morgan fingerprint density at radius 2 is 2.29 bits per heavy atom. The average molecular weight is 306 g/mol. The summed E-state index contributed by atoms with van der Waals surface area (Å²) >= 11 is 1.27. The van der Waals surface area contributed by atoms with Gasteiger partial charge in [0.2, 0.25) is 5.13 Å². The molecule has 1 N–H and O–H groups in total. The molecule has 0 saturated carbocycles. The number of para-hydroxylation sites is 2. The number of ether oxygens (including phenoxy) is 2. The zero-order chi connectivity index (χ0) is 14.7. The molecule has 2 aromatic rings. The Bertz CT molecular complexity index is 620. The number of aromatic nitrogens is 2. The van der Waals surface area contributed by atoms with Gasteiger partial charge in [0, 0.05) is 7.05 Å². The Balaban J connectivity index is 1.56. The first-order valence-corrected chi connectivity index (χ1v) is 7.27. The minimum absolute atomic E-state index is 0.204. The van der Waals surface area contributed by atoms with Crippen LogP contribution in [0.5, 0.6) is 11.5 Å². The second-order valence-electron chi connectivity index (χ2n) is 4.55. The SMILES string of the molecule is CN(C[C@H]1COc2ccccc2O1)C(=O)Nc1nncs1. The van der Waals surface area contributed by atoms with E-state index in [9.17, 15) is 4.79 Å². The van der Waals surface area contributed by atoms with Gasteiger partial charge in [0.15, 0.2) is 17.6 Å². The zero-order valence-electron chi connectivity index (χ0n) is 11.4. The Morgan fingerprint density at radius 3 is 3.05 bits per heavy atom. The van der Waals surface area contributed by atoms with Gasteiger partial charge in [-0.25, -0.2) is 4.79 Å². The van der Waals surface area contributed by atoms with Gasteiger partial charge >= 0.3 is 6.03 Å². The van der Waals surface area contributed by atoms with Crippen molar-refractivity contribution in [1.29, 1.82) is 0 Å². The Morgan fingerprint density at radius 1 is 1.48 bits per heavy atom. The van der Waals surface area contributed by atoms with Gasteiger partial charge in [0.25, 0.3) is 0 Å². The highest BCUT2D eigenvalue weighted by molar-refractivity contribution is 7.13. The fourth-order valence-corrected chi connectivity index (χ4v) is 2.39. The monoisotopic (exact) mass is 306 g/mol. The highest BCUT2D eigenvalue weighted by atomic mass is 32.1. The molecule has 0 radical (unpaired) electrons. The summed E-state index contributed by atoms with van der Waals surface area (Å²) in [7, 11) is 1.69. The van der Waals surface area contributed by atoms with Gasteiger partial charge < -0.3 is 14.4 Å². The van der Waals surface area contributed by atoms with Crippen molar-refractivity contribution in [2.24, 2.45) is 0 Å².